The van der Waals surface area contributed by atoms with Gasteiger partial charge in [0.2, 0.25) is 0 Å². The van der Waals surface area contributed by atoms with Crippen LogP contribution in [0.2, 0.25) is 5.02 Å². The van der Waals surface area contributed by atoms with Gasteiger partial charge in [-0.25, -0.2) is 0 Å². The van der Waals surface area contributed by atoms with Crippen molar-refractivity contribution in [1.29, 1.82) is 0 Å². The third-order valence-corrected chi connectivity index (χ3v) is 4.51. The molecular formula is C17H26ClN. The summed E-state index contributed by atoms with van der Waals surface area (Å²) >= 11 is 6.16. The number of hydrogen-bond acceptors (Lipinski definition) is 1. The lowest BCUT2D eigenvalue weighted by molar-refractivity contribution is 0.224. The molecule has 1 aliphatic rings. The van der Waals surface area contributed by atoms with E-state index in [1.54, 1.807) is 0 Å². The van der Waals surface area contributed by atoms with E-state index in [9.17, 15) is 0 Å². The Kier molecular flexibility index (Phi) is 5.72. The standard InChI is InChI=1S/C17H26ClN/c1-3-10-19-17(14-7-4-6-13(2)11-14)15-8-5-9-16(18)12-15/h5,8-9,12-14,17,19H,3-4,6-7,10-11H2,1-2H3. The normalized spacial score (nSPS) is 25.2. The lowest BCUT2D eigenvalue weighted by Gasteiger charge is -2.34. The van der Waals surface area contributed by atoms with Gasteiger partial charge in [-0.05, 0) is 55.3 Å². The maximum Gasteiger partial charge on any atom is 0.0409 e. The fourth-order valence-electron chi connectivity index (χ4n) is 3.34. The van der Waals surface area contributed by atoms with Crippen molar-refractivity contribution in [2.75, 3.05) is 6.54 Å². The van der Waals surface area contributed by atoms with Crippen LogP contribution in [-0.4, -0.2) is 6.54 Å². The number of benzene rings is 1. The first kappa shape index (κ1) is 14.9. The molecule has 0 aromatic heterocycles. The van der Waals surface area contributed by atoms with Crippen molar-refractivity contribution < 1.29 is 0 Å². The number of halogens is 1. The summed E-state index contributed by atoms with van der Waals surface area (Å²) in [5.41, 5.74) is 1.36. The molecule has 1 aromatic carbocycles. The molecule has 3 atom stereocenters. The van der Waals surface area contributed by atoms with Crippen LogP contribution < -0.4 is 5.32 Å². The minimum absolute atomic E-state index is 0.474. The Bertz CT molecular complexity index is 391. The molecule has 0 bridgehead atoms. The second-order valence-corrected chi connectivity index (χ2v) is 6.46. The summed E-state index contributed by atoms with van der Waals surface area (Å²) in [6.07, 6.45) is 6.63. The van der Waals surface area contributed by atoms with E-state index < -0.39 is 0 Å². The zero-order valence-electron chi connectivity index (χ0n) is 12.2. The second-order valence-electron chi connectivity index (χ2n) is 6.02. The number of rotatable bonds is 5. The summed E-state index contributed by atoms with van der Waals surface area (Å²) in [5, 5.41) is 4.60. The van der Waals surface area contributed by atoms with Gasteiger partial charge in [-0.2, -0.15) is 0 Å². The van der Waals surface area contributed by atoms with Gasteiger partial charge in [-0.3, -0.25) is 0 Å². The maximum atomic E-state index is 6.16. The predicted molar refractivity (Wildman–Crippen MR) is 83.6 cm³/mol. The Morgan fingerprint density at radius 3 is 2.89 bits per heavy atom. The highest BCUT2D eigenvalue weighted by Gasteiger charge is 2.27. The third kappa shape index (κ3) is 4.22. The Hall–Kier alpha value is -0.530. The summed E-state index contributed by atoms with van der Waals surface area (Å²) < 4.78 is 0. The van der Waals surface area contributed by atoms with Crippen molar-refractivity contribution >= 4 is 11.6 Å². The van der Waals surface area contributed by atoms with Crippen molar-refractivity contribution in [2.45, 2.75) is 52.0 Å². The van der Waals surface area contributed by atoms with Crippen LogP contribution in [0.15, 0.2) is 24.3 Å². The van der Waals surface area contributed by atoms with Crippen LogP contribution in [0.4, 0.5) is 0 Å². The summed E-state index contributed by atoms with van der Waals surface area (Å²) in [4.78, 5) is 0. The smallest absolute Gasteiger partial charge is 0.0409 e. The Morgan fingerprint density at radius 1 is 1.37 bits per heavy atom. The molecule has 1 nitrogen and oxygen atoms in total. The molecule has 0 amide bonds. The van der Waals surface area contributed by atoms with Crippen LogP contribution in [0, 0.1) is 11.8 Å². The molecular weight excluding hydrogens is 254 g/mol. The molecule has 2 heteroatoms. The zero-order chi connectivity index (χ0) is 13.7. The molecule has 19 heavy (non-hydrogen) atoms. The van der Waals surface area contributed by atoms with Gasteiger partial charge < -0.3 is 5.32 Å². The minimum atomic E-state index is 0.474. The van der Waals surface area contributed by atoms with Gasteiger partial charge in [0.25, 0.3) is 0 Å². The van der Waals surface area contributed by atoms with E-state index in [0.717, 1.165) is 23.4 Å². The lowest BCUT2D eigenvalue weighted by Crippen LogP contribution is -2.31. The van der Waals surface area contributed by atoms with Crippen molar-refractivity contribution in [2.24, 2.45) is 11.8 Å². The highest BCUT2D eigenvalue weighted by atomic mass is 35.5. The lowest BCUT2D eigenvalue weighted by atomic mass is 9.76. The first-order chi connectivity index (χ1) is 9.20. The van der Waals surface area contributed by atoms with E-state index in [0.29, 0.717) is 6.04 Å². The van der Waals surface area contributed by atoms with Gasteiger partial charge in [-0.1, -0.05) is 50.4 Å². The molecule has 1 N–H and O–H groups in total. The van der Waals surface area contributed by atoms with Crippen LogP contribution in [0.25, 0.3) is 0 Å². The van der Waals surface area contributed by atoms with Crippen LogP contribution in [0.1, 0.15) is 57.6 Å². The van der Waals surface area contributed by atoms with Crippen molar-refractivity contribution in [3.05, 3.63) is 34.9 Å². The van der Waals surface area contributed by atoms with Crippen LogP contribution in [0.5, 0.6) is 0 Å². The van der Waals surface area contributed by atoms with E-state index in [4.69, 9.17) is 11.6 Å². The van der Waals surface area contributed by atoms with Crippen molar-refractivity contribution in [3.63, 3.8) is 0 Å². The highest BCUT2D eigenvalue weighted by molar-refractivity contribution is 6.30. The highest BCUT2D eigenvalue weighted by Crippen LogP contribution is 2.37. The molecule has 2 rings (SSSR count). The number of hydrogen-bond donors (Lipinski definition) is 1. The molecule has 1 aromatic rings. The van der Waals surface area contributed by atoms with Gasteiger partial charge in [0.05, 0.1) is 0 Å². The molecule has 1 aliphatic carbocycles. The van der Waals surface area contributed by atoms with E-state index in [1.165, 1.54) is 37.7 Å². The molecule has 0 saturated heterocycles. The van der Waals surface area contributed by atoms with Gasteiger partial charge in [0.1, 0.15) is 0 Å². The van der Waals surface area contributed by atoms with E-state index in [-0.39, 0.29) is 0 Å². The van der Waals surface area contributed by atoms with Gasteiger partial charge in [-0.15, -0.1) is 0 Å². The molecule has 3 unspecified atom stereocenters. The quantitative estimate of drug-likeness (QED) is 0.780. The predicted octanol–water partition coefficient (Wildman–Crippen LogP) is 5.21. The van der Waals surface area contributed by atoms with E-state index in [2.05, 4.69) is 37.4 Å². The average molecular weight is 280 g/mol. The molecule has 0 heterocycles. The monoisotopic (exact) mass is 279 g/mol. The summed E-state index contributed by atoms with van der Waals surface area (Å²) in [6.45, 7) is 5.70. The van der Waals surface area contributed by atoms with Crippen molar-refractivity contribution in [3.8, 4) is 0 Å². The molecule has 0 aliphatic heterocycles. The summed E-state index contributed by atoms with van der Waals surface area (Å²) in [6, 6.07) is 8.86. The van der Waals surface area contributed by atoms with E-state index in [1.807, 2.05) is 6.07 Å². The van der Waals surface area contributed by atoms with Gasteiger partial charge >= 0.3 is 0 Å². The SMILES string of the molecule is CCCNC(c1cccc(Cl)c1)C1CCCC(C)C1. The Morgan fingerprint density at radius 2 is 2.21 bits per heavy atom. The molecule has 0 radical (unpaired) electrons. The van der Waals surface area contributed by atoms with Crippen LogP contribution >= 0.6 is 11.6 Å². The molecule has 1 saturated carbocycles. The number of nitrogens with one attached hydrogen (secondary N) is 1. The first-order valence-corrected chi connectivity index (χ1v) is 8.07. The average Bonchev–Trinajstić information content (AvgIpc) is 2.39. The molecule has 1 fully saturated rings. The van der Waals surface area contributed by atoms with Gasteiger partial charge in [0.15, 0.2) is 0 Å². The summed E-state index contributed by atoms with van der Waals surface area (Å²) in [7, 11) is 0. The van der Waals surface area contributed by atoms with Crippen molar-refractivity contribution in [1.82, 2.24) is 5.32 Å². The largest absolute Gasteiger partial charge is 0.310 e. The fourth-order valence-corrected chi connectivity index (χ4v) is 3.54. The topological polar surface area (TPSA) is 12.0 Å². The molecule has 106 valence electrons. The second kappa shape index (κ2) is 7.31. The zero-order valence-corrected chi connectivity index (χ0v) is 12.9. The Balaban J connectivity index is 2.14. The summed E-state index contributed by atoms with van der Waals surface area (Å²) in [5.74, 6) is 1.62. The van der Waals surface area contributed by atoms with Gasteiger partial charge in [0, 0.05) is 11.1 Å². The maximum absolute atomic E-state index is 6.16. The minimum Gasteiger partial charge on any atom is -0.310 e. The third-order valence-electron chi connectivity index (χ3n) is 4.27. The first-order valence-electron chi connectivity index (χ1n) is 7.69. The van der Waals surface area contributed by atoms with E-state index >= 15 is 0 Å². The van der Waals surface area contributed by atoms with Crippen LogP contribution in [-0.2, 0) is 0 Å². The Labute approximate surface area is 122 Å². The molecule has 0 spiro atoms. The fraction of sp³-hybridized carbons (Fsp3) is 0.647. The van der Waals surface area contributed by atoms with Crippen LogP contribution in [0.3, 0.4) is 0 Å².